The van der Waals surface area contributed by atoms with Crippen LogP contribution in [0, 0.1) is 5.92 Å². The average Bonchev–Trinajstić information content (AvgIpc) is 4.04. The number of nitrogens with zero attached hydrogens (tertiary/aromatic N) is 8. The van der Waals surface area contributed by atoms with Crippen LogP contribution in [0.3, 0.4) is 0 Å². The van der Waals surface area contributed by atoms with Crippen molar-refractivity contribution in [3.8, 4) is 16.9 Å². The lowest BCUT2D eigenvalue weighted by atomic mass is 9.94. The van der Waals surface area contributed by atoms with E-state index in [-0.39, 0.29) is 18.4 Å². The summed E-state index contributed by atoms with van der Waals surface area (Å²) < 4.78 is 21.2. The number of amides is 4. The van der Waals surface area contributed by atoms with E-state index in [2.05, 4.69) is 65.0 Å². The van der Waals surface area contributed by atoms with Gasteiger partial charge in [-0.2, -0.15) is 10.1 Å². The fraction of sp³-hybridized carbons (Fsp3) is 0.408. The lowest BCUT2D eigenvalue weighted by molar-refractivity contribution is -0.136. The number of carbonyl (C=O) groups is 4. The Hall–Kier alpha value is -6.29. The Kier molecular flexibility index (Phi) is 12.3. The Morgan fingerprint density at radius 1 is 0.824 bits per heavy atom. The van der Waals surface area contributed by atoms with Crippen molar-refractivity contribution in [2.45, 2.75) is 50.5 Å². The van der Waals surface area contributed by atoms with Crippen LogP contribution in [0.2, 0.25) is 5.02 Å². The molecule has 19 heteroatoms. The van der Waals surface area contributed by atoms with E-state index >= 15 is 0 Å². The first-order valence-corrected chi connectivity index (χ1v) is 26.2. The molecule has 10 rings (SSSR count). The highest BCUT2D eigenvalue weighted by Crippen LogP contribution is 2.45. The van der Waals surface area contributed by atoms with Crippen molar-refractivity contribution in [3.05, 3.63) is 88.8 Å². The average molecular weight is 960 g/mol. The first-order chi connectivity index (χ1) is 32.7. The molecule has 4 aliphatic heterocycles. The van der Waals surface area contributed by atoms with Gasteiger partial charge in [-0.05, 0) is 99.2 Å². The normalized spacial score (nSPS) is 19.4. The number of rotatable bonds is 13. The Balaban J connectivity index is 0.791. The maximum atomic E-state index is 13.5. The molecule has 5 aliphatic rings. The van der Waals surface area contributed by atoms with Crippen molar-refractivity contribution in [2.75, 3.05) is 86.7 Å². The van der Waals surface area contributed by atoms with Crippen molar-refractivity contribution in [1.82, 2.24) is 34.9 Å². The van der Waals surface area contributed by atoms with Crippen LogP contribution in [0.1, 0.15) is 70.7 Å². The van der Waals surface area contributed by atoms with Gasteiger partial charge < -0.3 is 29.7 Å². The third-order valence-electron chi connectivity index (χ3n) is 13.9. The minimum atomic E-state index is -2.63. The molecule has 0 unspecified atom stereocenters. The van der Waals surface area contributed by atoms with Gasteiger partial charge in [-0.15, -0.1) is 0 Å². The molecule has 4 amide bonds. The molecule has 354 valence electrons. The third-order valence-corrected chi connectivity index (χ3v) is 15.7. The zero-order valence-electron chi connectivity index (χ0n) is 38.6. The summed E-state index contributed by atoms with van der Waals surface area (Å²) in [6.45, 7) is 9.57. The molecular weight excluding hydrogens is 905 g/mol. The van der Waals surface area contributed by atoms with Gasteiger partial charge in [0.15, 0.2) is 5.82 Å². The van der Waals surface area contributed by atoms with E-state index in [1.54, 1.807) is 43.5 Å². The van der Waals surface area contributed by atoms with Crippen LogP contribution in [0.5, 0.6) is 5.75 Å². The summed E-state index contributed by atoms with van der Waals surface area (Å²) >= 11 is 6.66. The second-order valence-electron chi connectivity index (χ2n) is 18.9. The molecule has 0 bridgehead atoms. The van der Waals surface area contributed by atoms with Crippen molar-refractivity contribution in [2.24, 2.45) is 13.0 Å². The highest BCUT2D eigenvalue weighted by atomic mass is 35.5. The number of piperazine rings is 1. The van der Waals surface area contributed by atoms with Gasteiger partial charge in [0.2, 0.25) is 17.8 Å². The summed E-state index contributed by atoms with van der Waals surface area (Å²) in [4.78, 5) is 68.4. The predicted molar refractivity (Wildman–Crippen MR) is 263 cm³/mol. The van der Waals surface area contributed by atoms with Crippen LogP contribution < -0.4 is 35.8 Å². The zero-order valence-corrected chi connectivity index (χ0v) is 40.3. The number of aryl methyl sites for hydroxylation is 1. The van der Waals surface area contributed by atoms with Gasteiger partial charge in [0.1, 0.15) is 24.0 Å². The molecule has 3 saturated heterocycles. The molecule has 1 saturated carbocycles. The molecule has 4 fully saturated rings. The molecule has 17 nitrogen and oxygen atoms in total. The van der Waals surface area contributed by atoms with Crippen LogP contribution in [0.4, 0.5) is 34.5 Å². The molecule has 6 heterocycles. The van der Waals surface area contributed by atoms with Gasteiger partial charge in [-0.25, -0.2) is 4.98 Å². The highest BCUT2D eigenvalue weighted by molar-refractivity contribution is 7.70. The molecule has 3 N–H and O–H groups in total. The van der Waals surface area contributed by atoms with Gasteiger partial charge in [-0.3, -0.25) is 39.0 Å². The van der Waals surface area contributed by atoms with E-state index in [9.17, 15) is 23.7 Å². The molecule has 3 aromatic carbocycles. The van der Waals surface area contributed by atoms with Crippen molar-refractivity contribution >= 4 is 82.2 Å². The Morgan fingerprint density at radius 2 is 1.59 bits per heavy atom. The largest absolute Gasteiger partial charge is 0.494 e. The van der Waals surface area contributed by atoms with Gasteiger partial charge in [0, 0.05) is 99.4 Å². The monoisotopic (exact) mass is 959 g/mol. The SMILES string of the molecule is COc1cc(N2CCC(CN3CCN(c4ccc5c(c4)C(=O)N([C@H]4CCC(=O)NC4=O)C5=O)CC3)CC2)c(-c2cnn(C)c2)cc1Nc1ncc(Cl)c(Nc2ccc(C3CC3)cc2P(C)(C)=O)n1. The number of imide groups is 2. The number of aromatic nitrogens is 4. The van der Waals surface area contributed by atoms with Crippen LogP contribution in [-0.2, 0) is 21.2 Å². The Labute approximate surface area is 399 Å². The summed E-state index contributed by atoms with van der Waals surface area (Å²) in [6, 6.07) is 14.6. The Morgan fingerprint density at radius 3 is 2.28 bits per heavy atom. The van der Waals surface area contributed by atoms with Gasteiger partial charge in [0.25, 0.3) is 11.8 Å². The lowest BCUT2D eigenvalue weighted by Crippen LogP contribution is -2.54. The van der Waals surface area contributed by atoms with E-state index in [0.717, 1.165) is 104 Å². The van der Waals surface area contributed by atoms with Crippen LogP contribution >= 0.6 is 18.7 Å². The molecule has 2 aromatic heterocycles. The smallest absolute Gasteiger partial charge is 0.262 e. The Bertz CT molecular complexity index is 2880. The van der Waals surface area contributed by atoms with E-state index in [4.69, 9.17) is 21.3 Å². The first kappa shape index (κ1) is 45.5. The van der Waals surface area contributed by atoms with E-state index in [0.29, 0.717) is 51.3 Å². The van der Waals surface area contributed by atoms with Crippen LogP contribution in [-0.4, -0.2) is 125 Å². The molecule has 68 heavy (non-hydrogen) atoms. The molecule has 0 spiro atoms. The maximum absolute atomic E-state index is 13.5. The topological polar surface area (TPSA) is 187 Å². The highest BCUT2D eigenvalue weighted by Gasteiger charge is 2.45. The summed E-state index contributed by atoms with van der Waals surface area (Å²) in [6.07, 6.45) is 9.97. The summed E-state index contributed by atoms with van der Waals surface area (Å²) in [5, 5.41) is 14.6. The van der Waals surface area contributed by atoms with Gasteiger partial charge in [-0.1, -0.05) is 17.7 Å². The number of carbonyl (C=O) groups excluding carboxylic acids is 4. The van der Waals surface area contributed by atoms with E-state index in [1.165, 1.54) is 5.56 Å². The van der Waals surface area contributed by atoms with E-state index in [1.807, 2.05) is 31.6 Å². The maximum Gasteiger partial charge on any atom is 0.262 e. The third kappa shape index (κ3) is 9.18. The quantitative estimate of drug-likeness (QED) is 0.0847. The number of hydrogen-bond donors (Lipinski definition) is 3. The standard InChI is InChI=1S/C49H55ClN11O6P/c1-57-28-32(25-52-57)35-23-39(54-49-51-26-37(50)45(56-49)53-38-10-7-31(30-5-6-30)21-43(38)68(3,4)66)42(67-2)24-41(35)60-15-13-29(14-16-60)27-58-17-19-59(20-18-58)33-8-9-34-36(22-33)48(65)61(47(34)64)40-11-12-44(62)55-46(40)63/h7-10,21-26,28-30,40H,5-6,11-20,27H2,1-4H3,(H,55,62,63)(H2,51,53,54,56)/t40-/m0/s1. The molecule has 0 radical (unpaired) electrons. The number of piperidine rings is 2. The zero-order chi connectivity index (χ0) is 47.4. The number of anilines is 6. The minimum Gasteiger partial charge on any atom is -0.494 e. The minimum absolute atomic E-state index is 0.0831. The van der Waals surface area contributed by atoms with Gasteiger partial charge >= 0.3 is 0 Å². The fourth-order valence-electron chi connectivity index (χ4n) is 9.99. The number of halogens is 1. The first-order valence-electron chi connectivity index (χ1n) is 23.3. The summed E-state index contributed by atoms with van der Waals surface area (Å²) in [5.41, 5.74) is 7.05. The molecule has 1 aliphatic carbocycles. The summed E-state index contributed by atoms with van der Waals surface area (Å²) in [5.74, 6) is 0.375. The molecule has 5 aromatic rings. The lowest BCUT2D eigenvalue weighted by Gasteiger charge is -2.40. The number of ether oxygens (including phenoxy) is 1. The van der Waals surface area contributed by atoms with E-state index < -0.39 is 36.8 Å². The number of methoxy groups -OCH3 is 1. The fourth-order valence-corrected chi connectivity index (χ4v) is 11.3. The predicted octanol–water partition coefficient (Wildman–Crippen LogP) is 6.59. The molecule has 1 atom stereocenters. The van der Waals surface area contributed by atoms with Crippen molar-refractivity contribution < 1.29 is 28.5 Å². The molecular formula is C49H55ClN11O6P. The van der Waals surface area contributed by atoms with Crippen LogP contribution in [0.15, 0.2) is 67.1 Å². The number of nitrogens with one attached hydrogen (secondary N) is 3. The number of fused-ring (bicyclic) bond motifs is 1. The van der Waals surface area contributed by atoms with Crippen LogP contribution in [0.25, 0.3) is 11.1 Å². The summed E-state index contributed by atoms with van der Waals surface area (Å²) in [7, 11) is 0.921. The second-order valence-corrected chi connectivity index (χ2v) is 22.5. The van der Waals surface area contributed by atoms with Crippen molar-refractivity contribution in [1.29, 1.82) is 0 Å². The van der Waals surface area contributed by atoms with Gasteiger partial charge in [0.05, 0.1) is 42.0 Å². The van der Waals surface area contributed by atoms with Crippen molar-refractivity contribution in [3.63, 3.8) is 0 Å². The number of benzene rings is 3. The number of hydrogen-bond acceptors (Lipinski definition) is 14. The second kappa shape index (κ2) is 18.3.